The average molecular weight is 249 g/mol. The van der Waals surface area contributed by atoms with Gasteiger partial charge in [0.1, 0.15) is 12.0 Å². The number of nitrogens with one attached hydrogen (secondary N) is 1. The number of hydrogen-bond donors (Lipinski definition) is 3. The zero-order chi connectivity index (χ0) is 13.0. The van der Waals surface area contributed by atoms with Gasteiger partial charge in [-0.3, -0.25) is 4.79 Å². The van der Waals surface area contributed by atoms with Crippen LogP contribution in [-0.2, 0) is 9.53 Å². The first-order valence-corrected chi connectivity index (χ1v) is 5.79. The third-order valence-corrected chi connectivity index (χ3v) is 2.72. The van der Waals surface area contributed by atoms with E-state index in [4.69, 9.17) is 9.84 Å². The molecule has 0 amide bonds. The Labute approximate surface area is 105 Å². The van der Waals surface area contributed by atoms with Crippen molar-refractivity contribution in [1.29, 1.82) is 0 Å². The van der Waals surface area contributed by atoms with Gasteiger partial charge in [-0.2, -0.15) is 0 Å². The average Bonchev–Trinajstić information content (AvgIpc) is 2.78. The van der Waals surface area contributed by atoms with Crippen LogP contribution in [0.4, 0.5) is 0 Å². The number of aromatic hydroxyl groups is 1. The molecule has 18 heavy (non-hydrogen) atoms. The molecule has 1 heterocycles. The van der Waals surface area contributed by atoms with Crippen LogP contribution >= 0.6 is 0 Å². The summed E-state index contributed by atoms with van der Waals surface area (Å²) in [6, 6.07) is 6.97. The van der Waals surface area contributed by atoms with Crippen molar-refractivity contribution in [2.45, 2.75) is 25.5 Å². The molecule has 0 aromatic heterocycles. The fraction of sp³-hybridized carbons (Fsp3) is 0.308. The van der Waals surface area contributed by atoms with Crippen molar-refractivity contribution < 1.29 is 19.7 Å². The molecule has 1 unspecified atom stereocenters. The van der Waals surface area contributed by atoms with Crippen LogP contribution in [-0.4, -0.2) is 22.4 Å². The van der Waals surface area contributed by atoms with Crippen molar-refractivity contribution in [2.24, 2.45) is 0 Å². The Morgan fingerprint density at radius 2 is 2.17 bits per heavy atom. The zero-order valence-electron chi connectivity index (χ0n) is 9.80. The summed E-state index contributed by atoms with van der Waals surface area (Å²) in [4.78, 5) is 10.4. The lowest BCUT2D eigenvalue weighted by molar-refractivity contribution is -0.137. The smallest absolute Gasteiger partial charge is 0.303 e. The highest BCUT2D eigenvalue weighted by Gasteiger charge is 2.19. The Bertz CT molecular complexity index is 470. The fourth-order valence-electron chi connectivity index (χ4n) is 1.81. The highest BCUT2D eigenvalue weighted by Crippen LogP contribution is 2.26. The monoisotopic (exact) mass is 249 g/mol. The van der Waals surface area contributed by atoms with Crippen LogP contribution in [0.15, 0.2) is 30.5 Å². The van der Waals surface area contributed by atoms with Gasteiger partial charge in [-0.05, 0) is 18.6 Å². The van der Waals surface area contributed by atoms with E-state index in [0.717, 1.165) is 0 Å². The number of benzene rings is 1. The number of carboxylic acid groups (broad SMARTS) is 1. The molecule has 5 heteroatoms. The van der Waals surface area contributed by atoms with Crippen molar-refractivity contribution in [1.82, 2.24) is 5.32 Å². The number of rotatable bonds is 5. The number of carboxylic acids is 1. The maximum absolute atomic E-state index is 10.4. The SMILES string of the molecule is O=C(O)CCCC1NC(c2ccccc2O)=CO1. The van der Waals surface area contributed by atoms with Crippen LogP contribution in [0.3, 0.4) is 0 Å². The number of phenols is 1. The van der Waals surface area contributed by atoms with Gasteiger partial charge >= 0.3 is 5.97 Å². The van der Waals surface area contributed by atoms with Gasteiger partial charge in [-0.15, -0.1) is 0 Å². The zero-order valence-corrected chi connectivity index (χ0v) is 9.80. The molecule has 1 aromatic carbocycles. The lowest BCUT2D eigenvalue weighted by Crippen LogP contribution is -2.23. The minimum absolute atomic E-state index is 0.132. The summed E-state index contributed by atoms with van der Waals surface area (Å²) in [6.45, 7) is 0. The van der Waals surface area contributed by atoms with Crippen molar-refractivity contribution in [3.05, 3.63) is 36.1 Å². The maximum atomic E-state index is 10.4. The number of ether oxygens (including phenoxy) is 1. The summed E-state index contributed by atoms with van der Waals surface area (Å²) >= 11 is 0. The van der Waals surface area contributed by atoms with Crippen LogP contribution in [0, 0.1) is 0 Å². The molecule has 0 bridgehead atoms. The Balaban J connectivity index is 1.88. The highest BCUT2D eigenvalue weighted by molar-refractivity contribution is 5.69. The largest absolute Gasteiger partial charge is 0.507 e. The van der Waals surface area contributed by atoms with E-state index in [2.05, 4.69) is 5.32 Å². The van der Waals surface area contributed by atoms with Gasteiger partial charge in [-0.1, -0.05) is 12.1 Å². The second-order valence-corrected chi connectivity index (χ2v) is 4.10. The van der Waals surface area contributed by atoms with Crippen molar-refractivity contribution in [2.75, 3.05) is 0 Å². The summed E-state index contributed by atoms with van der Waals surface area (Å²) in [5.74, 6) is -0.618. The van der Waals surface area contributed by atoms with E-state index in [1.54, 1.807) is 24.5 Å². The Hall–Kier alpha value is -2.17. The van der Waals surface area contributed by atoms with E-state index in [0.29, 0.717) is 24.1 Å². The summed E-state index contributed by atoms with van der Waals surface area (Å²) in [5, 5.41) is 21.3. The first kappa shape index (κ1) is 12.3. The molecule has 0 spiro atoms. The maximum Gasteiger partial charge on any atom is 0.303 e. The van der Waals surface area contributed by atoms with Crippen LogP contribution in [0.2, 0.25) is 0 Å². The van der Waals surface area contributed by atoms with Gasteiger partial charge in [0.25, 0.3) is 0 Å². The predicted octanol–water partition coefficient (Wildman–Crippen LogP) is 1.89. The molecule has 0 saturated carbocycles. The molecular formula is C13H15NO4. The lowest BCUT2D eigenvalue weighted by Gasteiger charge is -2.12. The Morgan fingerprint density at radius 3 is 2.89 bits per heavy atom. The lowest BCUT2D eigenvalue weighted by atomic mass is 10.1. The minimum Gasteiger partial charge on any atom is -0.507 e. The van der Waals surface area contributed by atoms with E-state index in [9.17, 15) is 9.90 Å². The second-order valence-electron chi connectivity index (χ2n) is 4.10. The molecular weight excluding hydrogens is 234 g/mol. The molecule has 5 nitrogen and oxygen atoms in total. The van der Waals surface area contributed by atoms with E-state index >= 15 is 0 Å². The third kappa shape index (κ3) is 2.94. The van der Waals surface area contributed by atoms with Crippen molar-refractivity contribution in [3.63, 3.8) is 0 Å². The molecule has 3 N–H and O–H groups in total. The molecule has 0 fully saturated rings. The second kappa shape index (κ2) is 5.44. The van der Waals surface area contributed by atoms with Crippen LogP contribution in [0.1, 0.15) is 24.8 Å². The molecule has 1 aliphatic rings. The highest BCUT2D eigenvalue weighted by atomic mass is 16.5. The number of para-hydroxylation sites is 1. The molecule has 2 rings (SSSR count). The van der Waals surface area contributed by atoms with Crippen LogP contribution in [0.5, 0.6) is 5.75 Å². The van der Waals surface area contributed by atoms with Gasteiger partial charge in [0.05, 0.1) is 5.70 Å². The molecule has 1 aromatic rings. The van der Waals surface area contributed by atoms with Crippen molar-refractivity contribution >= 4 is 11.7 Å². The normalized spacial score (nSPS) is 17.8. The molecule has 1 aliphatic heterocycles. The Kier molecular flexibility index (Phi) is 3.72. The first-order chi connectivity index (χ1) is 8.66. The van der Waals surface area contributed by atoms with Crippen molar-refractivity contribution in [3.8, 4) is 5.75 Å². The molecule has 1 atom stereocenters. The van der Waals surface area contributed by atoms with E-state index in [1.807, 2.05) is 6.07 Å². The first-order valence-electron chi connectivity index (χ1n) is 5.79. The summed E-state index contributed by atoms with van der Waals surface area (Å²) in [5.41, 5.74) is 1.40. The van der Waals surface area contributed by atoms with E-state index < -0.39 is 5.97 Å². The molecule has 0 radical (unpaired) electrons. The quantitative estimate of drug-likeness (QED) is 0.742. The number of carbonyl (C=O) groups is 1. The minimum atomic E-state index is -0.804. The van der Waals surface area contributed by atoms with Gasteiger partial charge in [-0.25, -0.2) is 0 Å². The van der Waals surface area contributed by atoms with Crippen LogP contribution < -0.4 is 5.32 Å². The number of aliphatic carboxylic acids is 1. The van der Waals surface area contributed by atoms with Crippen LogP contribution in [0.25, 0.3) is 5.70 Å². The Morgan fingerprint density at radius 1 is 1.39 bits per heavy atom. The summed E-state index contributed by atoms with van der Waals surface area (Å²) in [7, 11) is 0. The van der Waals surface area contributed by atoms with Gasteiger partial charge in [0.2, 0.25) is 0 Å². The predicted molar refractivity (Wildman–Crippen MR) is 65.6 cm³/mol. The molecule has 0 saturated heterocycles. The molecule has 0 aliphatic carbocycles. The standard InChI is InChI=1S/C13H15NO4/c15-11-5-2-1-4-9(11)10-8-18-12(14-10)6-3-7-13(16)17/h1-2,4-5,8,12,14-15H,3,6-7H2,(H,16,17). The summed E-state index contributed by atoms with van der Waals surface area (Å²) < 4.78 is 5.38. The van der Waals surface area contributed by atoms with Gasteiger partial charge < -0.3 is 20.3 Å². The van der Waals surface area contributed by atoms with Gasteiger partial charge in [0, 0.05) is 18.4 Å². The fourth-order valence-corrected chi connectivity index (χ4v) is 1.81. The van der Waals surface area contributed by atoms with E-state index in [1.165, 1.54) is 0 Å². The van der Waals surface area contributed by atoms with Gasteiger partial charge in [0.15, 0.2) is 6.23 Å². The third-order valence-electron chi connectivity index (χ3n) is 2.72. The van der Waals surface area contributed by atoms with E-state index in [-0.39, 0.29) is 18.4 Å². The number of hydrogen-bond acceptors (Lipinski definition) is 4. The topological polar surface area (TPSA) is 78.8 Å². The summed E-state index contributed by atoms with van der Waals surface area (Å²) in [6.07, 6.45) is 2.63. The number of phenolic OH excluding ortho intramolecular Hbond substituents is 1. The molecule has 96 valence electrons.